The van der Waals surface area contributed by atoms with Crippen molar-refractivity contribution in [1.29, 1.82) is 0 Å². The van der Waals surface area contributed by atoms with Gasteiger partial charge >= 0.3 is 0 Å². The Morgan fingerprint density at radius 2 is 1.79 bits per heavy atom. The zero-order chi connectivity index (χ0) is 23.5. The van der Waals surface area contributed by atoms with Gasteiger partial charge in [-0.25, -0.2) is 4.39 Å². The van der Waals surface area contributed by atoms with Crippen LogP contribution in [0.2, 0.25) is 0 Å². The van der Waals surface area contributed by atoms with Crippen LogP contribution < -0.4 is 0 Å². The van der Waals surface area contributed by atoms with Gasteiger partial charge < -0.3 is 4.90 Å². The van der Waals surface area contributed by atoms with Crippen LogP contribution in [-0.2, 0) is 16.0 Å². The van der Waals surface area contributed by atoms with Gasteiger partial charge in [-0.05, 0) is 60.7 Å². The summed E-state index contributed by atoms with van der Waals surface area (Å²) in [6.45, 7) is 0.959. The molecule has 4 heterocycles. The predicted octanol–water partition coefficient (Wildman–Crippen LogP) is 3.74. The third-order valence-corrected chi connectivity index (χ3v) is 6.22. The van der Waals surface area contributed by atoms with E-state index in [1.165, 1.54) is 12.1 Å². The molecule has 8 heteroatoms. The number of carbonyl (C=O) groups is 2. The number of benzene rings is 1. The molecule has 1 aliphatic heterocycles. The average molecular weight is 455 g/mol. The molecule has 1 aromatic carbocycles. The zero-order valence-corrected chi connectivity index (χ0v) is 18.4. The Labute approximate surface area is 195 Å². The zero-order valence-electron chi connectivity index (χ0n) is 18.4. The van der Waals surface area contributed by atoms with Crippen molar-refractivity contribution in [2.45, 2.75) is 25.2 Å². The summed E-state index contributed by atoms with van der Waals surface area (Å²) in [5, 5.41) is 0.805. The molecule has 3 aromatic heterocycles. The number of hydrogen-bond donors (Lipinski definition) is 0. The van der Waals surface area contributed by atoms with Crippen LogP contribution >= 0.6 is 0 Å². The van der Waals surface area contributed by atoms with Crippen molar-refractivity contribution in [2.75, 3.05) is 13.1 Å². The normalized spacial score (nSPS) is 14.3. The molecule has 7 nitrogen and oxygen atoms in total. The van der Waals surface area contributed by atoms with Crippen LogP contribution in [0.4, 0.5) is 4.39 Å². The third-order valence-electron chi connectivity index (χ3n) is 6.22. The van der Waals surface area contributed by atoms with E-state index < -0.39 is 11.7 Å². The van der Waals surface area contributed by atoms with E-state index in [0.29, 0.717) is 37.3 Å². The van der Waals surface area contributed by atoms with E-state index in [0.717, 1.165) is 22.0 Å². The summed E-state index contributed by atoms with van der Waals surface area (Å²) in [6, 6.07) is 10.1. The minimum absolute atomic E-state index is 0.0478. The summed E-state index contributed by atoms with van der Waals surface area (Å²) in [6.07, 6.45) is 9.57. The fourth-order valence-electron chi connectivity index (χ4n) is 4.43. The molecule has 0 radical (unpaired) electrons. The van der Waals surface area contributed by atoms with Crippen LogP contribution in [0.3, 0.4) is 0 Å². The number of amides is 1. The highest BCUT2D eigenvalue weighted by atomic mass is 19.1. The molecule has 34 heavy (non-hydrogen) atoms. The molecule has 170 valence electrons. The smallest absolute Gasteiger partial charge is 0.290 e. The second-order valence-corrected chi connectivity index (χ2v) is 8.36. The summed E-state index contributed by atoms with van der Waals surface area (Å²) in [5.41, 5.74) is 3.81. The van der Waals surface area contributed by atoms with Crippen molar-refractivity contribution >= 4 is 22.6 Å². The monoisotopic (exact) mass is 455 g/mol. The summed E-state index contributed by atoms with van der Waals surface area (Å²) in [4.78, 5) is 43.9. The Bertz CT molecular complexity index is 1340. The first-order valence-corrected chi connectivity index (χ1v) is 11.2. The number of aromatic nitrogens is 4. The largest absolute Gasteiger partial charge is 0.336 e. The lowest BCUT2D eigenvalue weighted by molar-refractivity contribution is -0.145. The highest BCUT2D eigenvalue weighted by Crippen LogP contribution is 2.32. The Kier molecular flexibility index (Phi) is 6.03. The minimum atomic E-state index is -0.483. The number of Topliss-reactive ketones (excluding diaryl/α,β-unsaturated/α-hetero) is 1. The van der Waals surface area contributed by atoms with Gasteiger partial charge in [0.2, 0.25) is 5.78 Å². The first kappa shape index (κ1) is 21.8. The van der Waals surface area contributed by atoms with Gasteiger partial charge in [-0.2, -0.15) is 0 Å². The highest BCUT2D eigenvalue weighted by Gasteiger charge is 2.28. The molecule has 0 bridgehead atoms. The van der Waals surface area contributed by atoms with Crippen LogP contribution in [-0.4, -0.2) is 49.6 Å². The number of carbonyl (C=O) groups excluding carboxylic acids is 2. The number of nitrogens with zero attached hydrogens (tertiary/aromatic N) is 5. The van der Waals surface area contributed by atoms with Crippen LogP contribution in [0.1, 0.15) is 30.0 Å². The van der Waals surface area contributed by atoms with Crippen LogP contribution in [0.5, 0.6) is 0 Å². The van der Waals surface area contributed by atoms with Crippen LogP contribution in [0.15, 0.2) is 67.4 Å². The van der Waals surface area contributed by atoms with Crippen LogP contribution in [0, 0.1) is 5.82 Å². The molecule has 1 fully saturated rings. The molecule has 5 rings (SSSR count). The first-order valence-electron chi connectivity index (χ1n) is 11.2. The predicted molar refractivity (Wildman–Crippen MR) is 124 cm³/mol. The molecule has 0 aliphatic carbocycles. The third kappa shape index (κ3) is 4.52. The van der Waals surface area contributed by atoms with Crippen molar-refractivity contribution in [3.05, 3.63) is 84.5 Å². The van der Waals surface area contributed by atoms with Gasteiger partial charge in [-0.3, -0.25) is 29.5 Å². The van der Waals surface area contributed by atoms with E-state index in [4.69, 9.17) is 0 Å². The number of halogens is 1. The van der Waals surface area contributed by atoms with Gasteiger partial charge in [0, 0.05) is 54.5 Å². The number of ketones is 1. The van der Waals surface area contributed by atoms with E-state index in [2.05, 4.69) is 19.9 Å². The number of rotatable bonds is 5. The van der Waals surface area contributed by atoms with Gasteiger partial charge in [0.1, 0.15) is 5.82 Å². The molecule has 0 unspecified atom stereocenters. The molecule has 1 aliphatic rings. The summed E-state index contributed by atoms with van der Waals surface area (Å²) < 4.78 is 13.8. The Morgan fingerprint density at radius 1 is 0.941 bits per heavy atom. The number of pyridine rings is 2. The molecular weight excluding hydrogens is 433 g/mol. The topological polar surface area (TPSA) is 88.9 Å². The summed E-state index contributed by atoms with van der Waals surface area (Å²) in [5.74, 6) is -1.07. The Morgan fingerprint density at radius 3 is 2.53 bits per heavy atom. The highest BCUT2D eigenvalue weighted by molar-refractivity contribution is 6.36. The number of piperidine rings is 1. The minimum Gasteiger partial charge on any atom is -0.336 e. The van der Waals surface area contributed by atoms with Crippen LogP contribution in [0.25, 0.3) is 22.2 Å². The van der Waals surface area contributed by atoms with Gasteiger partial charge in [-0.1, -0.05) is 0 Å². The Balaban J connectivity index is 1.21. The van der Waals surface area contributed by atoms with Crippen molar-refractivity contribution < 1.29 is 14.0 Å². The molecule has 0 saturated carbocycles. The molecule has 0 atom stereocenters. The van der Waals surface area contributed by atoms with Crippen molar-refractivity contribution in [3.63, 3.8) is 0 Å². The maximum Gasteiger partial charge on any atom is 0.290 e. The fraction of sp³-hybridized carbons (Fsp3) is 0.231. The van der Waals surface area contributed by atoms with E-state index >= 15 is 0 Å². The van der Waals surface area contributed by atoms with Gasteiger partial charge in [0.15, 0.2) is 0 Å². The van der Waals surface area contributed by atoms with Crippen molar-refractivity contribution in [2.24, 2.45) is 0 Å². The summed E-state index contributed by atoms with van der Waals surface area (Å²) >= 11 is 0. The molecule has 0 N–H and O–H groups in total. The van der Waals surface area contributed by atoms with E-state index in [9.17, 15) is 14.0 Å². The molecule has 4 aromatic rings. The van der Waals surface area contributed by atoms with Gasteiger partial charge in [0.25, 0.3) is 5.91 Å². The molecular formula is C26H22FN5O2. The van der Waals surface area contributed by atoms with Crippen molar-refractivity contribution in [3.8, 4) is 11.3 Å². The average Bonchev–Trinajstić information content (AvgIpc) is 2.89. The van der Waals surface area contributed by atoms with Gasteiger partial charge in [-0.15, -0.1) is 0 Å². The lowest BCUT2D eigenvalue weighted by Gasteiger charge is -2.32. The summed E-state index contributed by atoms with van der Waals surface area (Å²) in [7, 11) is 0. The second-order valence-electron chi connectivity index (χ2n) is 8.36. The first-order chi connectivity index (χ1) is 16.6. The lowest BCUT2D eigenvalue weighted by Crippen LogP contribution is -2.42. The lowest BCUT2D eigenvalue weighted by atomic mass is 9.87. The molecule has 0 spiro atoms. The maximum absolute atomic E-state index is 13.8. The maximum atomic E-state index is 13.8. The number of fused-ring (bicyclic) bond motifs is 1. The number of hydrogen-bond acceptors (Lipinski definition) is 6. The number of likely N-dealkylation sites (tertiary alicyclic amines) is 1. The molecule has 1 amide bonds. The Hall–Kier alpha value is -4.07. The van der Waals surface area contributed by atoms with Gasteiger partial charge in [0.05, 0.1) is 23.8 Å². The fourth-order valence-corrected chi connectivity index (χ4v) is 4.43. The van der Waals surface area contributed by atoms with E-state index in [1.54, 1.807) is 48.0 Å². The van der Waals surface area contributed by atoms with E-state index in [1.807, 2.05) is 12.1 Å². The molecule has 1 saturated heterocycles. The SMILES string of the molecule is O=C(Cc1ccc(-c2cnccn2)cn1)C(=O)N1CCC(c2ccnc3ccc(F)cc23)CC1. The quantitative estimate of drug-likeness (QED) is 0.426. The standard InChI is InChI=1S/C26H22FN5O2/c27-19-2-4-23-22(13-19)21(5-8-29-23)17-6-11-32(12-7-17)26(34)25(33)14-20-3-1-18(15-31-20)24-16-28-9-10-30-24/h1-5,8-10,13,15-17H,6-7,11-12,14H2. The second kappa shape index (κ2) is 9.43. The van der Waals surface area contributed by atoms with Crippen molar-refractivity contribution in [1.82, 2.24) is 24.8 Å². The van der Waals surface area contributed by atoms with E-state index in [-0.39, 0.29) is 18.2 Å².